The smallest absolute Gasteiger partial charge is 0.177 e. The molecule has 19 heavy (non-hydrogen) atoms. The summed E-state index contributed by atoms with van der Waals surface area (Å²) in [5.74, 6) is 0.262. The Hall–Kier alpha value is -1.15. The molecule has 0 saturated carbocycles. The highest BCUT2D eigenvalue weighted by molar-refractivity contribution is 5.98. The van der Waals surface area contributed by atoms with Crippen molar-refractivity contribution in [3.63, 3.8) is 0 Å². The van der Waals surface area contributed by atoms with Crippen molar-refractivity contribution in [1.29, 1.82) is 0 Å². The molecular weight excluding hydrogens is 234 g/mol. The number of rotatable bonds is 4. The standard InChI is InChI=1S/C17H25NO/c1-4-17(3)9-11-18(12-10-17)13-16(19)15-8-6-5-7-14(15)2/h5-8H,4,9-13H2,1-3H3. The van der Waals surface area contributed by atoms with Gasteiger partial charge in [0.25, 0.3) is 0 Å². The molecule has 0 N–H and O–H groups in total. The van der Waals surface area contributed by atoms with Gasteiger partial charge in [0.1, 0.15) is 0 Å². The molecule has 1 aliphatic heterocycles. The molecule has 2 rings (SSSR count). The van der Waals surface area contributed by atoms with Gasteiger partial charge in [0, 0.05) is 5.56 Å². The zero-order valence-electron chi connectivity index (χ0n) is 12.4. The number of likely N-dealkylation sites (tertiary alicyclic amines) is 1. The molecule has 2 nitrogen and oxygen atoms in total. The lowest BCUT2D eigenvalue weighted by molar-refractivity contribution is 0.0812. The van der Waals surface area contributed by atoms with Crippen LogP contribution in [0, 0.1) is 12.3 Å². The number of ketones is 1. The first-order chi connectivity index (χ1) is 9.04. The molecule has 0 aromatic heterocycles. The second-order valence-electron chi connectivity index (χ2n) is 6.18. The number of hydrogen-bond acceptors (Lipinski definition) is 2. The monoisotopic (exact) mass is 259 g/mol. The third-order valence-electron chi connectivity index (χ3n) is 4.73. The summed E-state index contributed by atoms with van der Waals surface area (Å²) >= 11 is 0. The lowest BCUT2D eigenvalue weighted by Crippen LogP contribution is -2.41. The Bertz CT molecular complexity index is 444. The molecule has 1 aromatic rings. The summed E-state index contributed by atoms with van der Waals surface area (Å²) in [6.45, 7) is 9.34. The maximum atomic E-state index is 12.3. The van der Waals surface area contributed by atoms with Gasteiger partial charge >= 0.3 is 0 Å². The van der Waals surface area contributed by atoms with Crippen molar-refractivity contribution < 1.29 is 4.79 Å². The molecule has 104 valence electrons. The minimum absolute atomic E-state index is 0.262. The van der Waals surface area contributed by atoms with Gasteiger partial charge in [-0.2, -0.15) is 0 Å². The van der Waals surface area contributed by atoms with Gasteiger partial charge in [0.05, 0.1) is 6.54 Å². The second-order valence-corrected chi connectivity index (χ2v) is 6.18. The highest BCUT2D eigenvalue weighted by Crippen LogP contribution is 2.33. The molecule has 1 fully saturated rings. The van der Waals surface area contributed by atoms with Crippen molar-refractivity contribution in [2.45, 2.75) is 40.0 Å². The highest BCUT2D eigenvalue weighted by Gasteiger charge is 2.29. The third-order valence-corrected chi connectivity index (χ3v) is 4.73. The fourth-order valence-corrected chi connectivity index (χ4v) is 2.78. The van der Waals surface area contributed by atoms with Crippen LogP contribution >= 0.6 is 0 Å². The van der Waals surface area contributed by atoms with E-state index in [1.807, 2.05) is 31.2 Å². The molecule has 0 amide bonds. The first kappa shape index (κ1) is 14.3. The van der Waals surface area contributed by atoms with Crippen LogP contribution in [-0.4, -0.2) is 30.3 Å². The van der Waals surface area contributed by atoms with E-state index in [1.54, 1.807) is 0 Å². The largest absolute Gasteiger partial charge is 0.296 e. The number of nitrogens with zero attached hydrogens (tertiary/aromatic N) is 1. The normalized spacial score (nSPS) is 19.3. The summed E-state index contributed by atoms with van der Waals surface area (Å²) in [6.07, 6.45) is 3.67. The molecule has 0 unspecified atom stereocenters. The van der Waals surface area contributed by atoms with Crippen LogP contribution in [0.15, 0.2) is 24.3 Å². The summed E-state index contributed by atoms with van der Waals surface area (Å²) < 4.78 is 0. The Morgan fingerprint density at radius 2 is 1.89 bits per heavy atom. The van der Waals surface area contributed by atoms with E-state index < -0.39 is 0 Å². The van der Waals surface area contributed by atoms with Crippen molar-refractivity contribution in [3.8, 4) is 0 Å². The van der Waals surface area contributed by atoms with Crippen molar-refractivity contribution in [1.82, 2.24) is 4.90 Å². The van der Waals surface area contributed by atoms with E-state index in [-0.39, 0.29) is 5.78 Å². The van der Waals surface area contributed by atoms with Gasteiger partial charge in [-0.05, 0) is 43.8 Å². The number of hydrogen-bond donors (Lipinski definition) is 0. The van der Waals surface area contributed by atoms with E-state index in [4.69, 9.17) is 0 Å². The minimum Gasteiger partial charge on any atom is -0.296 e. The van der Waals surface area contributed by atoms with E-state index in [0.717, 1.165) is 24.2 Å². The molecule has 0 radical (unpaired) electrons. The van der Waals surface area contributed by atoms with Crippen molar-refractivity contribution in [2.75, 3.05) is 19.6 Å². The van der Waals surface area contributed by atoms with E-state index in [0.29, 0.717) is 12.0 Å². The molecule has 1 aliphatic rings. The maximum Gasteiger partial charge on any atom is 0.177 e. The Morgan fingerprint density at radius 3 is 2.47 bits per heavy atom. The fraction of sp³-hybridized carbons (Fsp3) is 0.588. The molecule has 0 bridgehead atoms. The molecule has 2 heteroatoms. The minimum atomic E-state index is 0.262. The molecule has 0 aliphatic carbocycles. The summed E-state index contributed by atoms with van der Waals surface area (Å²) in [6, 6.07) is 7.89. The molecule has 0 spiro atoms. The van der Waals surface area contributed by atoms with Crippen LogP contribution in [0.2, 0.25) is 0 Å². The average Bonchev–Trinajstić information content (AvgIpc) is 2.42. The number of piperidine rings is 1. The van der Waals surface area contributed by atoms with Gasteiger partial charge in [-0.1, -0.05) is 44.5 Å². The van der Waals surface area contributed by atoms with Gasteiger partial charge in [-0.25, -0.2) is 0 Å². The van der Waals surface area contributed by atoms with E-state index in [9.17, 15) is 4.79 Å². The SMILES string of the molecule is CCC1(C)CCN(CC(=O)c2ccccc2C)CC1. The Kier molecular flexibility index (Phi) is 4.41. The van der Waals surface area contributed by atoms with Crippen molar-refractivity contribution in [2.24, 2.45) is 5.41 Å². The first-order valence-corrected chi connectivity index (χ1v) is 7.35. The number of aryl methyl sites for hydroxylation is 1. The maximum absolute atomic E-state index is 12.3. The van der Waals surface area contributed by atoms with Crippen LogP contribution in [0.4, 0.5) is 0 Å². The van der Waals surface area contributed by atoms with Crippen molar-refractivity contribution >= 4 is 5.78 Å². The molecule has 1 heterocycles. The number of carbonyl (C=O) groups excluding carboxylic acids is 1. The second kappa shape index (κ2) is 5.87. The Balaban J connectivity index is 1.93. The van der Waals surface area contributed by atoms with Gasteiger partial charge in [-0.3, -0.25) is 9.69 Å². The summed E-state index contributed by atoms with van der Waals surface area (Å²) in [7, 11) is 0. The highest BCUT2D eigenvalue weighted by atomic mass is 16.1. The van der Waals surface area contributed by atoms with Crippen LogP contribution in [0.5, 0.6) is 0 Å². The quantitative estimate of drug-likeness (QED) is 0.769. The topological polar surface area (TPSA) is 20.3 Å². The molecular formula is C17H25NO. The Morgan fingerprint density at radius 1 is 1.26 bits per heavy atom. The van der Waals surface area contributed by atoms with E-state index >= 15 is 0 Å². The predicted molar refractivity (Wildman–Crippen MR) is 79.6 cm³/mol. The van der Waals surface area contributed by atoms with E-state index in [2.05, 4.69) is 18.7 Å². The van der Waals surface area contributed by atoms with Gasteiger partial charge in [0.15, 0.2) is 5.78 Å². The van der Waals surface area contributed by atoms with Gasteiger partial charge in [-0.15, -0.1) is 0 Å². The summed E-state index contributed by atoms with van der Waals surface area (Å²) in [5.41, 5.74) is 2.46. The van der Waals surface area contributed by atoms with Crippen LogP contribution in [0.25, 0.3) is 0 Å². The van der Waals surface area contributed by atoms with Crippen LogP contribution in [0.1, 0.15) is 49.0 Å². The third kappa shape index (κ3) is 3.44. The predicted octanol–water partition coefficient (Wildman–Crippen LogP) is 3.69. The molecule has 1 aromatic carbocycles. The fourth-order valence-electron chi connectivity index (χ4n) is 2.78. The lowest BCUT2D eigenvalue weighted by atomic mass is 9.78. The van der Waals surface area contributed by atoms with Crippen LogP contribution in [-0.2, 0) is 0 Å². The number of carbonyl (C=O) groups is 1. The van der Waals surface area contributed by atoms with Gasteiger partial charge in [0.2, 0.25) is 0 Å². The Labute approximate surface area is 116 Å². The van der Waals surface area contributed by atoms with Gasteiger partial charge < -0.3 is 0 Å². The van der Waals surface area contributed by atoms with Crippen LogP contribution in [0.3, 0.4) is 0 Å². The zero-order chi connectivity index (χ0) is 13.9. The zero-order valence-corrected chi connectivity index (χ0v) is 12.4. The summed E-state index contributed by atoms with van der Waals surface area (Å²) in [4.78, 5) is 14.6. The lowest BCUT2D eigenvalue weighted by Gasteiger charge is -2.38. The number of benzene rings is 1. The summed E-state index contributed by atoms with van der Waals surface area (Å²) in [5, 5.41) is 0. The molecule has 1 saturated heterocycles. The van der Waals surface area contributed by atoms with E-state index in [1.165, 1.54) is 19.3 Å². The first-order valence-electron chi connectivity index (χ1n) is 7.35. The average molecular weight is 259 g/mol. The van der Waals surface area contributed by atoms with Crippen molar-refractivity contribution in [3.05, 3.63) is 35.4 Å². The van der Waals surface area contributed by atoms with Crippen LogP contribution < -0.4 is 0 Å². The molecule has 0 atom stereocenters. The number of Topliss-reactive ketones (excluding diaryl/α,β-unsaturated/α-hetero) is 1.